The maximum absolute atomic E-state index is 9.42. The van der Waals surface area contributed by atoms with E-state index in [-0.39, 0.29) is 23.9 Å². The zero-order chi connectivity index (χ0) is 22.5. The Morgan fingerprint density at radius 1 is 1.07 bits per heavy atom. The first-order valence-electron chi connectivity index (χ1n) is 10.4. The van der Waals surface area contributed by atoms with Gasteiger partial charge in [0.1, 0.15) is 18.1 Å². The molecule has 1 N–H and O–H groups in total. The summed E-state index contributed by atoms with van der Waals surface area (Å²) in [5.74, 6) is 1.54. The molecule has 4 nitrogen and oxygen atoms in total. The summed E-state index contributed by atoms with van der Waals surface area (Å²) in [6.07, 6.45) is -0.539. The van der Waals surface area contributed by atoms with Crippen LogP contribution in [0.25, 0.3) is 0 Å². The zero-order valence-electron chi connectivity index (χ0n) is 19.2. The van der Waals surface area contributed by atoms with Crippen molar-refractivity contribution in [2.45, 2.75) is 71.6 Å². The Morgan fingerprint density at radius 2 is 1.70 bits per heavy atom. The Balaban J connectivity index is 2.39. The molecule has 166 valence electrons. The fourth-order valence-electron chi connectivity index (χ4n) is 2.74. The SMILES string of the molecule is C[C@H](CO)O[C@H](C)c1cc(O[Si](C)(C)C(C)(C)C)cc(Br)c1OCc1ccccc1. The van der Waals surface area contributed by atoms with Crippen molar-refractivity contribution in [2.75, 3.05) is 6.61 Å². The van der Waals surface area contributed by atoms with Crippen LogP contribution in [-0.4, -0.2) is 26.1 Å². The predicted octanol–water partition coefficient (Wildman–Crippen LogP) is 6.87. The molecule has 2 aromatic rings. The molecule has 0 saturated carbocycles. The predicted molar refractivity (Wildman–Crippen MR) is 129 cm³/mol. The van der Waals surface area contributed by atoms with Crippen LogP contribution < -0.4 is 9.16 Å². The molecular weight excluding hydrogens is 460 g/mol. The van der Waals surface area contributed by atoms with Crippen LogP contribution in [-0.2, 0) is 11.3 Å². The van der Waals surface area contributed by atoms with Crippen LogP contribution >= 0.6 is 15.9 Å². The molecular formula is C24H35BrO4Si. The highest BCUT2D eigenvalue weighted by molar-refractivity contribution is 9.10. The molecule has 30 heavy (non-hydrogen) atoms. The fourth-order valence-corrected chi connectivity index (χ4v) is 4.33. The first-order chi connectivity index (χ1) is 13.9. The average molecular weight is 496 g/mol. The van der Waals surface area contributed by atoms with Gasteiger partial charge in [0.2, 0.25) is 8.32 Å². The first-order valence-corrected chi connectivity index (χ1v) is 14.1. The van der Waals surface area contributed by atoms with E-state index in [1.165, 1.54) is 0 Å². The fraction of sp³-hybridized carbons (Fsp3) is 0.500. The van der Waals surface area contributed by atoms with E-state index in [1.54, 1.807) is 0 Å². The zero-order valence-corrected chi connectivity index (χ0v) is 21.7. The van der Waals surface area contributed by atoms with E-state index in [1.807, 2.05) is 56.3 Å². The number of aliphatic hydroxyl groups excluding tert-OH is 1. The molecule has 0 spiro atoms. The standard InChI is InChI=1S/C24H35BrO4Si/c1-17(15-26)28-18(2)21-13-20(29-30(6,7)24(3,4)5)14-22(25)23(21)27-16-19-11-9-8-10-12-19/h8-14,17-18,26H,15-16H2,1-7H3/t17-,18-/m1/s1. The molecule has 0 radical (unpaired) electrons. The number of rotatable bonds is 9. The third-order valence-corrected chi connectivity index (χ3v) is 10.5. The van der Waals surface area contributed by atoms with E-state index < -0.39 is 8.32 Å². The summed E-state index contributed by atoms with van der Waals surface area (Å²) in [5.41, 5.74) is 1.99. The number of hydrogen-bond donors (Lipinski definition) is 1. The second kappa shape index (κ2) is 10.3. The van der Waals surface area contributed by atoms with Crippen molar-refractivity contribution in [1.82, 2.24) is 0 Å². The number of benzene rings is 2. The Bertz CT molecular complexity index is 818. The van der Waals surface area contributed by atoms with Crippen LogP contribution in [0.4, 0.5) is 0 Å². The molecule has 0 heterocycles. The maximum atomic E-state index is 9.42. The van der Waals surface area contributed by atoms with Crippen LogP contribution in [0.15, 0.2) is 46.9 Å². The Labute approximate surface area is 190 Å². The number of aliphatic hydroxyl groups is 1. The molecule has 0 aliphatic rings. The molecule has 0 aliphatic carbocycles. The third-order valence-electron chi connectivity index (χ3n) is 5.58. The largest absolute Gasteiger partial charge is 0.543 e. The number of ether oxygens (including phenoxy) is 2. The van der Waals surface area contributed by atoms with Gasteiger partial charge in [-0.25, -0.2) is 0 Å². The van der Waals surface area contributed by atoms with Crippen molar-refractivity contribution >= 4 is 24.2 Å². The molecule has 0 unspecified atom stereocenters. The van der Waals surface area contributed by atoms with Gasteiger partial charge in [-0.1, -0.05) is 51.1 Å². The molecule has 0 aromatic heterocycles. The molecule has 0 aliphatic heterocycles. The van der Waals surface area contributed by atoms with Gasteiger partial charge in [-0.3, -0.25) is 0 Å². The van der Waals surface area contributed by atoms with Crippen molar-refractivity contribution in [2.24, 2.45) is 0 Å². The molecule has 2 atom stereocenters. The Hall–Kier alpha value is -1.34. The van der Waals surface area contributed by atoms with Gasteiger partial charge >= 0.3 is 0 Å². The van der Waals surface area contributed by atoms with Crippen LogP contribution in [0.3, 0.4) is 0 Å². The van der Waals surface area contributed by atoms with Gasteiger partial charge in [-0.15, -0.1) is 0 Å². The van der Waals surface area contributed by atoms with Gasteiger partial charge in [-0.05, 0) is 65.6 Å². The van der Waals surface area contributed by atoms with Gasteiger partial charge in [0.15, 0.2) is 0 Å². The van der Waals surface area contributed by atoms with Gasteiger partial charge in [0.05, 0.1) is 23.3 Å². The molecule has 0 saturated heterocycles. The van der Waals surface area contributed by atoms with Crippen LogP contribution in [0.2, 0.25) is 18.1 Å². The van der Waals surface area contributed by atoms with Gasteiger partial charge < -0.3 is 19.0 Å². The lowest BCUT2D eigenvalue weighted by Gasteiger charge is -2.36. The highest BCUT2D eigenvalue weighted by Crippen LogP contribution is 2.42. The average Bonchev–Trinajstić information content (AvgIpc) is 2.66. The van der Waals surface area contributed by atoms with Gasteiger partial charge in [-0.2, -0.15) is 0 Å². The van der Waals surface area contributed by atoms with Crippen LogP contribution in [0.1, 0.15) is 51.8 Å². The Morgan fingerprint density at radius 3 is 2.27 bits per heavy atom. The molecule has 0 amide bonds. The topological polar surface area (TPSA) is 47.9 Å². The van der Waals surface area contributed by atoms with E-state index in [2.05, 4.69) is 49.8 Å². The minimum Gasteiger partial charge on any atom is -0.543 e. The van der Waals surface area contributed by atoms with Crippen molar-refractivity contribution in [1.29, 1.82) is 0 Å². The minimum absolute atomic E-state index is 0.0358. The Kier molecular flexibility index (Phi) is 8.57. The smallest absolute Gasteiger partial charge is 0.250 e. The summed E-state index contributed by atoms with van der Waals surface area (Å²) in [6.45, 7) is 15.4. The van der Waals surface area contributed by atoms with Crippen LogP contribution in [0, 0.1) is 0 Å². The second-order valence-corrected chi connectivity index (χ2v) is 14.8. The third kappa shape index (κ3) is 6.58. The minimum atomic E-state index is -2.00. The number of halogens is 1. The summed E-state index contributed by atoms with van der Waals surface area (Å²) in [5, 5.41) is 9.51. The summed E-state index contributed by atoms with van der Waals surface area (Å²) in [7, 11) is -2.00. The van der Waals surface area contributed by atoms with Crippen molar-refractivity contribution < 1.29 is 19.0 Å². The van der Waals surface area contributed by atoms with Crippen molar-refractivity contribution in [3.63, 3.8) is 0 Å². The lowest BCUT2D eigenvalue weighted by Crippen LogP contribution is -2.43. The van der Waals surface area contributed by atoms with E-state index >= 15 is 0 Å². The van der Waals surface area contributed by atoms with Gasteiger partial charge in [0, 0.05) is 5.56 Å². The summed E-state index contributed by atoms with van der Waals surface area (Å²) < 4.78 is 19.6. The molecule has 0 bridgehead atoms. The van der Waals surface area contributed by atoms with Gasteiger partial charge in [0.25, 0.3) is 0 Å². The first kappa shape index (κ1) is 24.9. The van der Waals surface area contributed by atoms with Crippen LogP contribution in [0.5, 0.6) is 11.5 Å². The monoisotopic (exact) mass is 494 g/mol. The summed E-state index contributed by atoms with van der Waals surface area (Å²) in [4.78, 5) is 0. The van der Waals surface area contributed by atoms with E-state index in [0.717, 1.165) is 27.1 Å². The van der Waals surface area contributed by atoms with E-state index in [4.69, 9.17) is 13.9 Å². The molecule has 2 rings (SSSR count). The van der Waals surface area contributed by atoms with E-state index in [9.17, 15) is 5.11 Å². The maximum Gasteiger partial charge on any atom is 0.250 e. The molecule has 0 fully saturated rings. The molecule has 2 aromatic carbocycles. The quantitative estimate of drug-likeness (QED) is 0.386. The van der Waals surface area contributed by atoms with E-state index in [0.29, 0.717) is 6.61 Å². The highest BCUT2D eigenvalue weighted by Gasteiger charge is 2.39. The lowest BCUT2D eigenvalue weighted by molar-refractivity contribution is -0.0231. The van der Waals surface area contributed by atoms with Crippen molar-refractivity contribution in [3.05, 3.63) is 58.1 Å². The number of hydrogen-bond acceptors (Lipinski definition) is 4. The highest BCUT2D eigenvalue weighted by atomic mass is 79.9. The van der Waals surface area contributed by atoms with Crippen molar-refractivity contribution in [3.8, 4) is 11.5 Å². The second-order valence-electron chi connectivity index (χ2n) is 9.23. The lowest BCUT2D eigenvalue weighted by atomic mass is 10.1. The summed E-state index contributed by atoms with van der Waals surface area (Å²) >= 11 is 3.69. The molecule has 6 heteroatoms. The summed E-state index contributed by atoms with van der Waals surface area (Å²) in [6, 6.07) is 14.1. The normalized spacial score (nSPS) is 14.3.